The summed E-state index contributed by atoms with van der Waals surface area (Å²) in [7, 11) is 0. The van der Waals surface area contributed by atoms with Crippen molar-refractivity contribution < 1.29 is 9.18 Å². The van der Waals surface area contributed by atoms with E-state index in [4.69, 9.17) is 10.4 Å². The number of amidine groups is 1. The smallest absolute Gasteiger partial charge is 0.380 e. The van der Waals surface area contributed by atoms with E-state index in [1.165, 1.54) is 6.20 Å². The van der Waals surface area contributed by atoms with Crippen LogP contribution in [0.3, 0.4) is 0 Å². The summed E-state index contributed by atoms with van der Waals surface area (Å²) < 4.78 is 19.6. The van der Waals surface area contributed by atoms with Gasteiger partial charge < -0.3 is 16.0 Å². The molecule has 2 fully saturated rings. The highest BCUT2D eigenvalue weighted by Crippen LogP contribution is 2.57. The molecule has 0 radical (unpaired) electrons. The van der Waals surface area contributed by atoms with E-state index in [0.29, 0.717) is 18.5 Å². The van der Waals surface area contributed by atoms with E-state index in [2.05, 4.69) is 40.2 Å². The molecule has 6 N–H and O–H groups in total. The summed E-state index contributed by atoms with van der Waals surface area (Å²) in [4.78, 5) is 13.7. The van der Waals surface area contributed by atoms with E-state index in [9.17, 15) is 9.18 Å². The number of allylic oxidation sites excluding steroid dienone is 2. The first-order valence-electron chi connectivity index (χ1n) is 12.7. The number of hydrogen-bond donors (Lipinski definition) is 5. The van der Waals surface area contributed by atoms with Crippen LogP contribution in [0, 0.1) is 11.3 Å². The van der Waals surface area contributed by atoms with Gasteiger partial charge in [0.2, 0.25) is 0 Å². The molecule has 1 aliphatic carbocycles. The van der Waals surface area contributed by atoms with Crippen molar-refractivity contribution in [2.45, 2.75) is 71.8 Å². The molecule has 0 aromatic carbocycles. The standard InChI is InChI=1S/C25H38FN7O/c1-4-7-19-17-13-25(17,3)12-16(26)14-29-18(5-2)22(23(27)31-19)24(34)32-20-15-28-10-8-21(20)33-11-6-9-30-33/h14-15,17,21,28,30H,4-13H2,1-3H3,(H3,27,29,32,34)/p+1. The molecule has 0 aromatic heterocycles. The van der Waals surface area contributed by atoms with Gasteiger partial charge in [-0.05, 0) is 37.5 Å². The Hall–Kier alpha value is -2.61. The lowest BCUT2D eigenvalue weighted by Crippen LogP contribution is -2.50. The summed E-state index contributed by atoms with van der Waals surface area (Å²) in [5.41, 5.74) is 12.4. The molecule has 4 rings (SSSR count). The van der Waals surface area contributed by atoms with E-state index in [0.717, 1.165) is 63.1 Å². The average molecular weight is 473 g/mol. The molecule has 1 saturated heterocycles. The fourth-order valence-electron chi connectivity index (χ4n) is 5.37. The first kappa shape index (κ1) is 24.5. The van der Waals surface area contributed by atoms with Crippen molar-refractivity contribution in [2.75, 3.05) is 19.6 Å². The van der Waals surface area contributed by atoms with Crippen molar-refractivity contribution in [3.05, 3.63) is 35.2 Å². The molecule has 0 spiro atoms. The fourth-order valence-corrected chi connectivity index (χ4v) is 5.37. The van der Waals surface area contributed by atoms with Gasteiger partial charge in [0.15, 0.2) is 11.3 Å². The number of carbonyl (C=O) groups is 1. The van der Waals surface area contributed by atoms with Gasteiger partial charge in [-0.3, -0.25) is 16.0 Å². The van der Waals surface area contributed by atoms with Crippen molar-refractivity contribution in [2.24, 2.45) is 17.1 Å². The highest BCUT2D eigenvalue weighted by Gasteiger charge is 2.55. The third-order valence-corrected chi connectivity index (χ3v) is 7.34. The lowest BCUT2D eigenvalue weighted by Gasteiger charge is -2.32. The van der Waals surface area contributed by atoms with Gasteiger partial charge in [0.05, 0.1) is 11.7 Å². The normalized spacial score (nSPS) is 30.0. The third-order valence-electron chi connectivity index (χ3n) is 7.34. The lowest BCUT2D eigenvalue weighted by molar-refractivity contribution is -0.116. The molecule has 3 atom stereocenters. The van der Waals surface area contributed by atoms with Gasteiger partial charge in [-0.1, -0.05) is 20.8 Å². The quantitative estimate of drug-likeness (QED) is 0.377. The van der Waals surface area contributed by atoms with Crippen LogP contribution in [-0.4, -0.2) is 48.1 Å². The highest BCUT2D eigenvalue weighted by molar-refractivity contribution is 6.21. The van der Waals surface area contributed by atoms with Crippen LogP contribution in [0.2, 0.25) is 0 Å². The molecule has 0 bridgehead atoms. The van der Waals surface area contributed by atoms with Gasteiger partial charge >= 0.3 is 5.84 Å². The Morgan fingerprint density at radius 3 is 2.88 bits per heavy atom. The number of hydrazine groups is 1. The van der Waals surface area contributed by atoms with Crippen LogP contribution in [0.15, 0.2) is 35.2 Å². The molecule has 3 unspecified atom stereocenters. The number of rotatable bonds is 6. The Morgan fingerprint density at radius 1 is 1.35 bits per heavy atom. The predicted molar refractivity (Wildman–Crippen MR) is 134 cm³/mol. The van der Waals surface area contributed by atoms with E-state index in [-0.39, 0.29) is 40.5 Å². The molecule has 1 saturated carbocycles. The van der Waals surface area contributed by atoms with Crippen molar-refractivity contribution in [3.8, 4) is 0 Å². The first-order valence-corrected chi connectivity index (χ1v) is 12.7. The average Bonchev–Trinajstić information content (AvgIpc) is 3.19. The van der Waals surface area contributed by atoms with Crippen molar-refractivity contribution in [1.82, 2.24) is 31.1 Å². The van der Waals surface area contributed by atoms with Crippen LogP contribution in [0.4, 0.5) is 4.39 Å². The Kier molecular flexibility index (Phi) is 7.45. The maximum atomic E-state index is 14.8. The summed E-state index contributed by atoms with van der Waals surface area (Å²) in [6.07, 6.45) is 8.64. The largest absolute Gasteiger partial charge is 0.389 e. The highest BCUT2D eigenvalue weighted by atomic mass is 19.1. The Labute approximate surface area is 201 Å². The molecule has 1 amide bonds. The number of amides is 1. The number of hydrogen-bond acceptors (Lipinski definition) is 6. The zero-order chi connectivity index (χ0) is 24.3. The summed E-state index contributed by atoms with van der Waals surface area (Å²) >= 11 is 0. The molecule has 3 aliphatic heterocycles. The molecule has 0 aromatic rings. The first-order chi connectivity index (χ1) is 16.4. The summed E-state index contributed by atoms with van der Waals surface area (Å²) in [5, 5.41) is 11.6. The van der Waals surface area contributed by atoms with Gasteiger partial charge in [-0.15, -0.1) is 0 Å². The molecule has 9 heteroatoms. The van der Waals surface area contributed by atoms with Gasteiger partial charge in [0.25, 0.3) is 5.91 Å². The zero-order valence-electron chi connectivity index (χ0n) is 20.6. The van der Waals surface area contributed by atoms with Crippen molar-refractivity contribution >= 4 is 17.5 Å². The van der Waals surface area contributed by atoms with Crippen molar-refractivity contribution in [1.29, 1.82) is 0 Å². The second kappa shape index (κ2) is 10.3. The molecule has 4 aliphatic rings. The van der Waals surface area contributed by atoms with Gasteiger partial charge in [-0.25, -0.2) is 14.1 Å². The van der Waals surface area contributed by atoms with Crippen LogP contribution in [-0.2, 0) is 4.79 Å². The zero-order valence-corrected chi connectivity index (χ0v) is 20.6. The van der Waals surface area contributed by atoms with E-state index >= 15 is 0 Å². The van der Waals surface area contributed by atoms with Crippen LogP contribution >= 0.6 is 0 Å². The molecule has 3 heterocycles. The Bertz CT molecular complexity index is 972. The van der Waals surface area contributed by atoms with Gasteiger partial charge in [-0.2, -0.15) is 0 Å². The second-order valence-corrected chi connectivity index (χ2v) is 10.0. The molecular formula is C25H39FN7O+. The summed E-state index contributed by atoms with van der Waals surface area (Å²) in [6.45, 7) is 8.83. The molecule has 8 nitrogen and oxygen atoms in total. The maximum Gasteiger partial charge on any atom is 0.380 e. The van der Waals surface area contributed by atoms with Gasteiger partial charge in [0, 0.05) is 56.5 Å². The SMILES string of the molecule is CCCC1=[N+]=C(N)C(C(=O)NC2=CNCCC2N2CCCN2)=C(CC)NC=C(F)CC2(C)CC12. The van der Waals surface area contributed by atoms with E-state index < -0.39 is 0 Å². The maximum absolute atomic E-state index is 14.8. The van der Waals surface area contributed by atoms with Crippen molar-refractivity contribution in [3.63, 3.8) is 0 Å². The summed E-state index contributed by atoms with van der Waals surface area (Å²) in [5.74, 6) is -0.164. The van der Waals surface area contributed by atoms with Gasteiger partial charge in [0.1, 0.15) is 5.83 Å². The van der Waals surface area contributed by atoms with E-state index in [1.54, 1.807) is 0 Å². The second-order valence-electron chi connectivity index (χ2n) is 10.0. The van der Waals surface area contributed by atoms with Crippen LogP contribution in [0.1, 0.15) is 65.7 Å². The number of carbonyl (C=O) groups excluding carboxylic acids is 1. The lowest BCUT2D eigenvalue weighted by atomic mass is 9.97. The minimum absolute atomic E-state index is 0.0685. The number of fused-ring (bicyclic) bond motifs is 1. The predicted octanol–water partition coefficient (Wildman–Crippen LogP) is 1.68. The molecule has 34 heavy (non-hydrogen) atoms. The third kappa shape index (κ3) is 5.22. The monoisotopic (exact) mass is 472 g/mol. The van der Waals surface area contributed by atoms with E-state index in [1.807, 2.05) is 13.1 Å². The minimum atomic E-state index is -0.327. The van der Waals surface area contributed by atoms with Crippen LogP contribution in [0.25, 0.3) is 0 Å². The number of nitrogens with one attached hydrogen (secondary N) is 4. The summed E-state index contributed by atoms with van der Waals surface area (Å²) in [6, 6.07) is 0.0685. The minimum Gasteiger partial charge on any atom is -0.389 e. The molecule has 186 valence electrons. The number of nitrogens with two attached hydrogens (primary N) is 1. The Morgan fingerprint density at radius 2 is 2.18 bits per heavy atom. The van der Waals surface area contributed by atoms with Crippen LogP contribution in [0.5, 0.6) is 0 Å². The topological polar surface area (TPSA) is 109 Å². The fraction of sp³-hybridized carbons (Fsp3) is 0.640. The number of halogens is 1. The number of nitrogens with zero attached hydrogens (tertiary/aromatic N) is 2. The van der Waals surface area contributed by atoms with Crippen LogP contribution < -0.4 is 31.8 Å². The molecular weight excluding hydrogens is 433 g/mol. The Balaban J connectivity index is 1.71.